The van der Waals surface area contributed by atoms with Crippen molar-refractivity contribution in [3.8, 4) is 0 Å². The summed E-state index contributed by atoms with van der Waals surface area (Å²) in [6.07, 6.45) is 3.95. The number of ketones is 1. The number of rotatable bonds is 7. The number of hydrogen-bond acceptors (Lipinski definition) is 6. The number of Topliss-reactive ketones (excluding diaryl/α,β-unsaturated/α-hetero) is 1. The summed E-state index contributed by atoms with van der Waals surface area (Å²) in [5.41, 5.74) is 3.76. The molecule has 1 aliphatic carbocycles. The number of alkyl halides is 3. The van der Waals surface area contributed by atoms with Crippen LogP contribution in [0.3, 0.4) is 0 Å². The third kappa shape index (κ3) is 5.67. The summed E-state index contributed by atoms with van der Waals surface area (Å²) in [5, 5.41) is 0.787. The highest BCUT2D eigenvalue weighted by Gasteiger charge is 2.41. The van der Waals surface area contributed by atoms with Crippen molar-refractivity contribution in [2.75, 3.05) is 39.4 Å². The lowest BCUT2D eigenvalue weighted by atomic mass is 9.96. The molecular formula is C29H34F3N3O2S. The van der Waals surface area contributed by atoms with Gasteiger partial charge in [-0.15, -0.1) is 11.8 Å². The highest BCUT2D eigenvalue weighted by atomic mass is 32.2. The zero-order valence-corrected chi connectivity index (χ0v) is 22.3. The molecule has 2 fully saturated rings. The number of hydrogen-bond donors (Lipinski definition) is 0. The van der Waals surface area contributed by atoms with E-state index in [0.29, 0.717) is 54.6 Å². The molecule has 5 nitrogen and oxygen atoms in total. The number of ether oxygens (including phenoxy) is 1. The lowest BCUT2D eigenvalue weighted by Gasteiger charge is -2.29. The van der Waals surface area contributed by atoms with Crippen LogP contribution in [0.1, 0.15) is 52.3 Å². The van der Waals surface area contributed by atoms with Crippen molar-refractivity contribution in [1.29, 1.82) is 0 Å². The lowest BCUT2D eigenvalue weighted by molar-refractivity contribution is -0.137. The van der Waals surface area contributed by atoms with Crippen molar-refractivity contribution in [3.63, 3.8) is 0 Å². The van der Waals surface area contributed by atoms with E-state index in [-0.39, 0.29) is 11.7 Å². The molecule has 1 aromatic carbocycles. The first-order valence-corrected chi connectivity index (χ1v) is 14.6. The normalized spacial score (nSPS) is 28.0. The molecule has 0 spiro atoms. The van der Waals surface area contributed by atoms with E-state index in [4.69, 9.17) is 4.74 Å². The van der Waals surface area contributed by atoms with Crippen LogP contribution in [0.25, 0.3) is 0 Å². The number of carbonyl (C=O) groups excluding carboxylic acids is 1. The van der Waals surface area contributed by atoms with E-state index >= 15 is 0 Å². The summed E-state index contributed by atoms with van der Waals surface area (Å²) in [5.74, 6) is 0.455. The highest BCUT2D eigenvalue weighted by Crippen LogP contribution is 2.46. The highest BCUT2D eigenvalue weighted by molar-refractivity contribution is 8.00. The Hall–Kier alpha value is -1.94. The molecule has 0 bridgehead atoms. The summed E-state index contributed by atoms with van der Waals surface area (Å²) in [7, 11) is 0. The van der Waals surface area contributed by atoms with E-state index < -0.39 is 11.7 Å². The van der Waals surface area contributed by atoms with Gasteiger partial charge in [0, 0.05) is 68.1 Å². The zero-order valence-electron chi connectivity index (χ0n) is 21.5. The van der Waals surface area contributed by atoms with Gasteiger partial charge in [-0.2, -0.15) is 13.2 Å². The zero-order chi connectivity index (χ0) is 26.3. The second-order valence-corrected chi connectivity index (χ2v) is 12.6. The number of nitrogens with zero attached hydrogens (tertiary/aromatic N) is 3. The van der Waals surface area contributed by atoms with E-state index in [1.807, 2.05) is 29.1 Å². The fourth-order valence-corrected chi connectivity index (χ4v) is 8.33. The van der Waals surface area contributed by atoms with Crippen LogP contribution in [0.15, 0.2) is 36.7 Å². The molecule has 2 saturated heterocycles. The fourth-order valence-electron chi connectivity index (χ4n) is 6.61. The Morgan fingerprint density at radius 1 is 1.11 bits per heavy atom. The molecule has 4 atom stereocenters. The maximum absolute atomic E-state index is 13.3. The largest absolute Gasteiger partial charge is 0.416 e. The second kappa shape index (κ2) is 10.9. The van der Waals surface area contributed by atoms with E-state index in [0.717, 1.165) is 57.2 Å². The van der Waals surface area contributed by atoms with Crippen LogP contribution in [-0.4, -0.2) is 71.3 Å². The molecular weight excluding hydrogens is 511 g/mol. The summed E-state index contributed by atoms with van der Waals surface area (Å²) < 4.78 is 45.3. The van der Waals surface area contributed by atoms with Crippen molar-refractivity contribution in [3.05, 3.63) is 64.5 Å². The maximum Gasteiger partial charge on any atom is 0.416 e. The van der Waals surface area contributed by atoms with Crippen molar-refractivity contribution in [1.82, 2.24) is 14.8 Å². The molecule has 0 N–H and O–H groups in total. The van der Waals surface area contributed by atoms with Gasteiger partial charge in [0.1, 0.15) is 5.78 Å². The molecule has 0 radical (unpaired) electrons. The first-order chi connectivity index (χ1) is 18.3. The SMILES string of the molecule is O=C(CC1CN(C2CCOC2)C[C@@H]1SC1CCc2ccncc21)CN1CCc2ccc(C(F)(F)F)cc2C1. The molecule has 9 heteroatoms. The smallest absolute Gasteiger partial charge is 0.380 e. The Morgan fingerprint density at radius 3 is 2.82 bits per heavy atom. The molecule has 1 aromatic heterocycles. The molecule has 204 valence electrons. The Kier molecular flexibility index (Phi) is 7.55. The molecule has 0 amide bonds. The quantitative estimate of drug-likeness (QED) is 0.492. The third-order valence-corrected chi connectivity index (χ3v) is 10.4. The van der Waals surface area contributed by atoms with E-state index in [2.05, 4.69) is 16.0 Å². The molecule has 0 saturated carbocycles. The first-order valence-electron chi connectivity index (χ1n) is 13.7. The van der Waals surface area contributed by atoms with Crippen molar-refractivity contribution in [2.24, 2.45) is 5.92 Å². The molecule has 6 rings (SSSR count). The predicted octanol–water partition coefficient (Wildman–Crippen LogP) is 4.93. The molecule has 3 unspecified atom stereocenters. The average molecular weight is 546 g/mol. The number of pyridine rings is 1. The lowest BCUT2D eigenvalue weighted by Crippen LogP contribution is -2.36. The number of aromatic nitrogens is 1. The number of carbonyl (C=O) groups is 1. The number of fused-ring (bicyclic) bond motifs is 2. The van der Waals surface area contributed by atoms with Gasteiger partial charge in [-0.1, -0.05) is 6.07 Å². The molecule has 38 heavy (non-hydrogen) atoms. The van der Waals surface area contributed by atoms with Gasteiger partial charge < -0.3 is 4.74 Å². The third-order valence-electron chi connectivity index (χ3n) is 8.65. The van der Waals surface area contributed by atoms with Crippen LogP contribution >= 0.6 is 11.8 Å². The van der Waals surface area contributed by atoms with Crippen molar-refractivity contribution in [2.45, 2.75) is 61.4 Å². The minimum absolute atomic E-state index is 0.189. The van der Waals surface area contributed by atoms with Crippen molar-refractivity contribution < 1.29 is 22.7 Å². The van der Waals surface area contributed by atoms with Crippen molar-refractivity contribution >= 4 is 17.5 Å². The van der Waals surface area contributed by atoms with Gasteiger partial charge in [-0.25, -0.2) is 0 Å². The Labute approximate surface area is 226 Å². The van der Waals surface area contributed by atoms with Crippen LogP contribution in [0.2, 0.25) is 0 Å². The van der Waals surface area contributed by atoms with Gasteiger partial charge in [0.15, 0.2) is 0 Å². The van der Waals surface area contributed by atoms with E-state index in [1.165, 1.54) is 17.2 Å². The molecule has 3 aliphatic heterocycles. The summed E-state index contributed by atoms with van der Waals surface area (Å²) in [6, 6.07) is 6.57. The van der Waals surface area contributed by atoms with E-state index in [1.54, 1.807) is 6.07 Å². The predicted molar refractivity (Wildman–Crippen MR) is 141 cm³/mol. The van der Waals surface area contributed by atoms with Gasteiger partial charge in [-0.05, 0) is 72.1 Å². The summed E-state index contributed by atoms with van der Waals surface area (Å²) >= 11 is 2.02. The van der Waals surface area contributed by atoms with Gasteiger partial charge in [0.25, 0.3) is 0 Å². The second-order valence-electron chi connectivity index (χ2n) is 11.2. The van der Waals surface area contributed by atoms with Crippen LogP contribution < -0.4 is 0 Å². The standard InChI is InChI=1S/C29H34F3N3O2S/c30-29(31,32)23-3-1-19-6-9-34(14-21(19)11-23)16-25(36)12-22-15-35(24-7-10-37-18-24)17-28(22)38-27-4-2-20-5-8-33-13-26(20)27/h1,3,5,8,11,13,22,24,27-28H,2,4,6-7,9-10,12,14-18H2/t22?,24?,27?,28-/m0/s1. The number of thioether (sulfide) groups is 1. The Balaban J connectivity index is 1.11. The molecule has 4 aliphatic rings. The summed E-state index contributed by atoms with van der Waals surface area (Å²) in [6.45, 7) is 4.84. The minimum atomic E-state index is -4.35. The van der Waals surface area contributed by atoms with Crippen LogP contribution in [0.5, 0.6) is 0 Å². The average Bonchev–Trinajstić information content (AvgIpc) is 3.64. The number of halogens is 3. The topological polar surface area (TPSA) is 45.7 Å². The minimum Gasteiger partial charge on any atom is -0.380 e. The molecule has 4 heterocycles. The van der Waals surface area contributed by atoms with Gasteiger partial charge in [0.2, 0.25) is 0 Å². The fraction of sp³-hybridized carbons (Fsp3) is 0.586. The van der Waals surface area contributed by atoms with Crippen LogP contribution in [0.4, 0.5) is 13.2 Å². The van der Waals surface area contributed by atoms with Crippen LogP contribution in [-0.2, 0) is 35.1 Å². The Bertz CT molecular complexity index is 1170. The van der Waals surface area contributed by atoms with Gasteiger partial charge >= 0.3 is 6.18 Å². The number of likely N-dealkylation sites (tertiary alicyclic amines) is 1. The first kappa shape index (κ1) is 26.3. The van der Waals surface area contributed by atoms with E-state index in [9.17, 15) is 18.0 Å². The number of aryl methyl sites for hydroxylation is 1. The van der Waals surface area contributed by atoms with Gasteiger partial charge in [0.05, 0.1) is 18.7 Å². The monoisotopic (exact) mass is 545 g/mol. The summed E-state index contributed by atoms with van der Waals surface area (Å²) in [4.78, 5) is 22.2. The van der Waals surface area contributed by atoms with Crippen LogP contribution in [0, 0.1) is 5.92 Å². The molecule has 2 aromatic rings. The number of benzene rings is 1. The van der Waals surface area contributed by atoms with Gasteiger partial charge in [-0.3, -0.25) is 19.6 Å². The Morgan fingerprint density at radius 2 is 2.00 bits per heavy atom. The maximum atomic E-state index is 13.3.